The molecule has 0 amide bonds. The molecule has 0 saturated carbocycles. The summed E-state index contributed by atoms with van der Waals surface area (Å²) in [5.41, 5.74) is 4.23. The van der Waals surface area contributed by atoms with Crippen molar-refractivity contribution < 1.29 is 17.5 Å². The molecule has 3 aromatic carbocycles. The molecule has 0 bridgehead atoms. The Morgan fingerprint density at radius 3 is 2.27 bits per heavy atom. The first-order valence-corrected chi connectivity index (χ1v) is 19.7. The summed E-state index contributed by atoms with van der Waals surface area (Å²) in [5.74, 6) is -0.291. The second-order valence-corrected chi connectivity index (χ2v) is 15.9. The van der Waals surface area contributed by atoms with E-state index in [1.54, 1.807) is 33.7 Å². The highest BCUT2D eigenvalue weighted by Gasteiger charge is 2.28. The lowest BCUT2D eigenvalue weighted by molar-refractivity contribution is -0.683. The summed E-state index contributed by atoms with van der Waals surface area (Å²) in [6, 6.07) is 28.7. The van der Waals surface area contributed by atoms with E-state index in [-0.39, 0.29) is 11.3 Å². The average Bonchev–Trinajstić information content (AvgIpc) is 3.73. The molecule has 0 saturated heterocycles. The van der Waals surface area contributed by atoms with Crippen LogP contribution in [0.2, 0.25) is 0 Å². The van der Waals surface area contributed by atoms with Crippen LogP contribution in [-0.2, 0) is 23.2 Å². The molecule has 7 nitrogen and oxygen atoms in total. The largest absolute Gasteiger partial charge is 0.335 e. The van der Waals surface area contributed by atoms with Gasteiger partial charge in [0.15, 0.2) is 6.54 Å². The molecule has 0 spiro atoms. The van der Waals surface area contributed by atoms with Crippen LogP contribution in [0, 0.1) is 0 Å². The Balaban J connectivity index is 1.50. The predicted molar refractivity (Wildman–Crippen MR) is 200 cm³/mol. The molecule has 246 valence electrons. The fourth-order valence-corrected chi connectivity index (χ4v) is 9.73. The Labute approximate surface area is 292 Å². The van der Waals surface area contributed by atoms with Crippen molar-refractivity contribution >= 4 is 62.4 Å². The zero-order valence-corrected chi connectivity index (χ0v) is 29.8. The van der Waals surface area contributed by atoms with Crippen molar-refractivity contribution in [2.45, 2.75) is 37.8 Å². The number of fused-ring (bicyclic) bond motifs is 1. The molecular weight excluding hydrogens is 679 g/mol. The van der Waals surface area contributed by atoms with Crippen molar-refractivity contribution in [3.63, 3.8) is 0 Å². The molecule has 48 heavy (non-hydrogen) atoms. The molecule has 0 fully saturated rings. The molecule has 0 atom stereocenters. The topological polar surface area (TPSA) is 83.5 Å². The van der Waals surface area contributed by atoms with Crippen LogP contribution in [0.1, 0.15) is 24.8 Å². The molecule has 1 aliphatic rings. The number of hydrogen-bond donors (Lipinski definition) is 1. The number of thiazole rings is 2. The van der Waals surface area contributed by atoms with Crippen LogP contribution in [0.4, 0.5) is 5.69 Å². The lowest BCUT2D eigenvalue weighted by atomic mass is 10.1. The summed E-state index contributed by atoms with van der Waals surface area (Å²) >= 11 is 4.79. The van der Waals surface area contributed by atoms with E-state index in [9.17, 15) is 17.8 Å². The van der Waals surface area contributed by atoms with E-state index in [1.165, 1.54) is 21.9 Å². The van der Waals surface area contributed by atoms with Crippen LogP contribution in [-0.4, -0.2) is 29.8 Å². The SMILES string of the molecule is C=CCn1c(=Cc2sc(-c3ccccc3)c(-c3ccccc3)[n+]2CCCCS(=O)(=O)O)sc(=CC=C2Sc3ccccc3N2CC)c1=O. The Hall–Kier alpha value is -4.00. The Bertz CT molecular complexity index is 2250. The van der Waals surface area contributed by atoms with Gasteiger partial charge >= 0.3 is 0 Å². The minimum Gasteiger partial charge on any atom is -0.335 e. The summed E-state index contributed by atoms with van der Waals surface area (Å²) in [6.45, 7) is 7.76. The highest BCUT2D eigenvalue weighted by molar-refractivity contribution is 8.03. The third kappa shape index (κ3) is 7.50. The fourth-order valence-electron chi connectivity index (χ4n) is 5.71. The summed E-state index contributed by atoms with van der Waals surface area (Å²) in [4.78, 5) is 18.3. The van der Waals surface area contributed by atoms with Gasteiger partial charge in [-0.25, -0.2) is 0 Å². The summed E-state index contributed by atoms with van der Waals surface area (Å²) < 4.78 is 37.7. The van der Waals surface area contributed by atoms with Gasteiger partial charge in [-0.1, -0.05) is 89.8 Å². The van der Waals surface area contributed by atoms with E-state index in [0.29, 0.717) is 30.5 Å². The normalized spacial score (nSPS) is 14.6. The zero-order valence-electron chi connectivity index (χ0n) is 26.5. The number of thioether (sulfide) groups is 1. The Morgan fingerprint density at radius 2 is 1.58 bits per heavy atom. The standard InChI is InChI=1S/C37H35N3O4S4/c1-3-23-40-34(46-31(37(40)41)21-22-32-38(4-2)29-19-11-12-20-30(29)45-32)26-33-39(24-13-14-25-48(42,43)44)35(27-15-7-5-8-16-27)36(47-33)28-17-9-6-10-18-28/h3,5-12,15-22,26H,1,4,13-14,23-25H2,2H3/p+1. The minimum atomic E-state index is -4.06. The molecule has 1 aliphatic heterocycles. The smallest absolute Gasteiger partial charge is 0.269 e. The number of aromatic nitrogens is 2. The van der Waals surface area contributed by atoms with E-state index in [0.717, 1.165) is 42.9 Å². The van der Waals surface area contributed by atoms with Gasteiger partial charge in [0.25, 0.3) is 20.7 Å². The van der Waals surface area contributed by atoms with Crippen molar-refractivity contribution in [1.82, 2.24) is 4.57 Å². The summed E-state index contributed by atoms with van der Waals surface area (Å²) in [7, 11) is -4.06. The molecule has 6 rings (SSSR count). The van der Waals surface area contributed by atoms with E-state index in [2.05, 4.69) is 65.4 Å². The van der Waals surface area contributed by atoms with Crippen molar-refractivity contribution in [3.05, 3.63) is 133 Å². The molecule has 0 unspecified atom stereocenters. The molecule has 0 radical (unpaired) electrons. The first-order chi connectivity index (χ1) is 23.3. The highest BCUT2D eigenvalue weighted by Crippen LogP contribution is 2.45. The van der Waals surface area contributed by atoms with Crippen LogP contribution < -0.4 is 24.2 Å². The van der Waals surface area contributed by atoms with Gasteiger partial charge in [0.2, 0.25) is 5.69 Å². The van der Waals surface area contributed by atoms with Gasteiger partial charge in [-0.05, 0) is 55.3 Å². The van der Waals surface area contributed by atoms with E-state index in [1.807, 2.05) is 60.7 Å². The quantitative estimate of drug-likeness (QED) is 0.0686. The second kappa shape index (κ2) is 15.0. The van der Waals surface area contributed by atoms with Gasteiger partial charge in [-0.2, -0.15) is 13.0 Å². The van der Waals surface area contributed by atoms with E-state index >= 15 is 0 Å². The van der Waals surface area contributed by atoms with Crippen LogP contribution in [0.3, 0.4) is 0 Å². The van der Waals surface area contributed by atoms with Crippen molar-refractivity contribution in [2.24, 2.45) is 0 Å². The van der Waals surface area contributed by atoms with Crippen molar-refractivity contribution in [1.29, 1.82) is 0 Å². The first-order valence-electron chi connectivity index (χ1n) is 15.7. The summed E-state index contributed by atoms with van der Waals surface area (Å²) in [6.07, 6.45) is 8.61. The Morgan fingerprint density at radius 1 is 0.896 bits per heavy atom. The van der Waals surface area contributed by atoms with Crippen LogP contribution in [0.25, 0.3) is 33.9 Å². The lowest BCUT2D eigenvalue weighted by Gasteiger charge is -2.17. The third-order valence-electron chi connectivity index (χ3n) is 7.90. The van der Waals surface area contributed by atoms with Gasteiger partial charge in [-0.3, -0.25) is 13.9 Å². The maximum absolute atomic E-state index is 13.8. The minimum absolute atomic E-state index is 0.0746. The van der Waals surface area contributed by atoms with Gasteiger partial charge < -0.3 is 4.90 Å². The number of rotatable bonds is 12. The molecule has 0 aliphatic carbocycles. The lowest BCUT2D eigenvalue weighted by Crippen LogP contribution is -2.38. The molecule has 5 aromatic rings. The van der Waals surface area contributed by atoms with Crippen LogP contribution in [0.5, 0.6) is 0 Å². The monoisotopic (exact) mass is 714 g/mol. The van der Waals surface area contributed by atoms with Gasteiger partial charge in [-0.15, -0.1) is 17.9 Å². The van der Waals surface area contributed by atoms with Crippen LogP contribution >= 0.6 is 34.4 Å². The molecule has 2 aromatic heterocycles. The van der Waals surface area contributed by atoms with Crippen molar-refractivity contribution in [2.75, 3.05) is 17.2 Å². The number of hydrogen-bond acceptors (Lipinski definition) is 7. The van der Waals surface area contributed by atoms with Gasteiger partial charge in [0.05, 0.1) is 27.1 Å². The number of para-hydroxylation sites is 1. The van der Waals surface area contributed by atoms with Gasteiger partial charge in [0, 0.05) is 30.0 Å². The Kier molecular flexibility index (Phi) is 10.6. The van der Waals surface area contributed by atoms with E-state index < -0.39 is 10.1 Å². The molecule has 1 N–H and O–H groups in total. The summed E-state index contributed by atoms with van der Waals surface area (Å²) in [5, 5.41) is 2.01. The number of nitrogens with zero attached hydrogens (tertiary/aromatic N) is 3. The molecular formula is C37H36N3O4S4+. The number of allylic oxidation sites excluding steroid dienone is 2. The maximum Gasteiger partial charge on any atom is 0.269 e. The van der Waals surface area contributed by atoms with Gasteiger partial charge in [0.1, 0.15) is 9.54 Å². The fraction of sp³-hybridized carbons (Fsp3) is 0.189. The predicted octanol–water partition coefficient (Wildman–Crippen LogP) is 6.53. The second-order valence-electron chi connectivity index (χ2n) is 11.1. The average molecular weight is 715 g/mol. The highest BCUT2D eigenvalue weighted by atomic mass is 32.2. The number of benzene rings is 3. The zero-order chi connectivity index (χ0) is 33.7. The first kappa shape index (κ1) is 33.9. The molecule has 11 heteroatoms. The molecule has 3 heterocycles. The van der Waals surface area contributed by atoms with Crippen molar-refractivity contribution in [3.8, 4) is 21.7 Å². The number of anilines is 1. The van der Waals surface area contributed by atoms with Crippen LogP contribution in [0.15, 0.2) is 118 Å². The number of unbranched alkanes of at least 4 members (excludes halogenated alkanes) is 1. The van der Waals surface area contributed by atoms with E-state index in [4.69, 9.17) is 0 Å². The maximum atomic E-state index is 13.8. The third-order valence-corrected chi connectivity index (χ3v) is 12.1.